The van der Waals surface area contributed by atoms with Gasteiger partial charge >= 0.3 is 0 Å². The van der Waals surface area contributed by atoms with E-state index in [0.29, 0.717) is 10.7 Å². The first-order chi connectivity index (χ1) is 6.63. The van der Waals surface area contributed by atoms with Crippen LogP contribution in [-0.4, -0.2) is 9.55 Å². The Morgan fingerprint density at radius 1 is 1.50 bits per heavy atom. The Kier molecular flexibility index (Phi) is 2.11. The minimum Gasteiger partial charge on any atom is -0.397 e. The van der Waals surface area contributed by atoms with Gasteiger partial charge in [0.05, 0.1) is 21.7 Å². The highest BCUT2D eigenvalue weighted by molar-refractivity contribution is 6.33. The molecule has 0 atom stereocenters. The SMILES string of the molecule is CCc1nc2cc(N)c(Cl)cc2n1C. The van der Waals surface area contributed by atoms with E-state index in [1.165, 1.54) is 0 Å². The van der Waals surface area contributed by atoms with Gasteiger partial charge in [-0.25, -0.2) is 4.98 Å². The second-order valence-corrected chi connectivity index (χ2v) is 3.71. The highest BCUT2D eigenvalue weighted by Gasteiger charge is 2.08. The molecular formula is C10H12ClN3. The van der Waals surface area contributed by atoms with Crippen molar-refractivity contribution in [2.24, 2.45) is 7.05 Å². The maximum atomic E-state index is 5.95. The van der Waals surface area contributed by atoms with Crippen LogP contribution in [-0.2, 0) is 13.5 Å². The van der Waals surface area contributed by atoms with Gasteiger partial charge in [0.15, 0.2) is 0 Å². The average Bonchev–Trinajstić information content (AvgIpc) is 2.45. The Labute approximate surface area is 87.5 Å². The van der Waals surface area contributed by atoms with E-state index in [4.69, 9.17) is 17.3 Å². The first-order valence-corrected chi connectivity index (χ1v) is 4.91. The van der Waals surface area contributed by atoms with Gasteiger partial charge < -0.3 is 10.3 Å². The van der Waals surface area contributed by atoms with Crippen LogP contribution < -0.4 is 5.73 Å². The van der Waals surface area contributed by atoms with E-state index in [1.807, 2.05) is 23.7 Å². The van der Waals surface area contributed by atoms with E-state index in [9.17, 15) is 0 Å². The molecule has 4 heteroatoms. The highest BCUT2D eigenvalue weighted by atomic mass is 35.5. The molecule has 2 rings (SSSR count). The molecule has 0 unspecified atom stereocenters. The molecule has 0 saturated carbocycles. The van der Waals surface area contributed by atoms with Crippen LogP contribution in [0.1, 0.15) is 12.7 Å². The lowest BCUT2D eigenvalue weighted by Gasteiger charge is -2.00. The van der Waals surface area contributed by atoms with Crippen molar-refractivity contribution in [1.29, 1.82) is 0 Å². The van der Waals surface area contributed by atoms with Crippen molar-refractivity contribution in [2.75, 3.05) is 5.73 Å². The zero-order chi connectivity index (χ0) is 10.3. The number of aryl methyl sites for hydroxylation is 2. The number of nitrogens with zero attached hydrogens (tertiary/aromatic N) is 2. The van der Waals surface area contributed by atoms with E-state index < -0.39 is 0 Å². The molecule has 74 valence electrons. The molecule has 3 nitrogen and oxygen atoms in total. The second kappa shape index (κ2) is 3.17. The minimum absolute atomic E-state index is 0.583. The number of benzene rings is 1. The standard InChI is InChI=1S/C10H12ClN3/c1-3-10-13-8-5-7(12)6(11)4-9(8)14(10)2/h4-5H,3,12H2,1-2H3. The van der Waals surface area contributed by atoms with Gasteiger partial charge in [0.1, 0.15) is 5.82 Å². The van der Waals surface area contributed by atoms with Crippen LogP contribution in [0, 0.1) is 0 Å². The van der Waals surface area contributed by atoms with E-state index >= 15 is 0 Å². The average molecular weight is 210 g/mol. The van der Waals surface area contributed by atoms with Crippen molar-refractivity contribution in [2.45, 2.75) is 13.3 Å². The summed E-state index contributed by atoms with van der Waals surface area (Å²) in [5.74, 6) is 1.04. The van der Waals surface area contributed by atoms with Gasteiger partial charge in [-0.1, -0.05) is 18.5 Å². The molecule has 14 heavy (non-hydrogen) atoms. The Morgan fingerprint density at radius 3 is 2.86 bits per heavy atom. The lowest BCUT2D eigenvalue weighted by atomic mass is 10.3. The molecule has 0 aliphatic carbocycles. The van der Waals surface area contributed by atoms with Crippen molar-refractivity contribution in [3.8, 4) is 0 Å². The number of anilines is 1. The van der Waals surface area contributed by atoms with Crippen LogP contribution in [0.15, 0.2) is 12.1 Å². The zero-order valence-corrected chi connectivity index (χ0v) is 8.97. The molecule has 1 heterocycles. The molecule has 1 aromatic heterocycles. The summed E-state index contributed by atoms with van der Waals surface area (Å²) < 4.78 is 2.04. The number of aromatic nitrogens is 2. The van der Waals surface area contributed by atoms with Gasteiger partial charge in [0, 0.05) is 13.5 Å². The molecule has 0 aliphatic rings. The molecular weight excluding hydrogens is 198 g/mol. The molecule has 1 aromatic carbocycles. The number of nitrogens with two attached hydrogens (primary N) is 1. The maximum Gasteiger partial charge on any atom is 0.109 e. The third kappa shape index (κ3) is 1.24. The smallest absolute Gasteiger partial charge is 0.109 e. The van der Waals surface area contributed by atoms with Gasteiger partial charge in [-0.15, -0.1) is 0 Å². The van der Waals surface area contributed by atoms with Crippen molar-refractivity contribution < 1.29 is 0 Å². The van der Waals surface area contributed by atoms with Crippen molar-refractivity contribution in [3.05, 3.63) is 23.0 Å². The molecule has 2 aromatic rings. The largest absolute Gasteiger partial charge is 0.397 e. The number of imidazole rings is 1. The summed E-state index contributed by atoms with van der Waals surface area (Å²) in [6.45, 7) is 2.08. The Morgan fingerprint density at radius 2 is 2.21 bits per heavy atom. The molecule has 0 aliphatic heterocycles. The summed E-state index contributed by atoms with van der Waals surface area (Å²) in [7, 11) is 1.99. The van der Waals surface area contributed by atoms with Crippen LogP contribution >= 0.6 is 11.6 Å². The number of fused-ring (bicyclic) bond motifs is 1. The summed E-state index contributed by atoms with van der Waals surface area (Å²) >= 11 is 5.95. The fourth-order valence-electron chi connectivity index (χ4n) is 1.59. The molecule has 0 radical (unpaired) electrons. The highest BCUT2D eigenvalue weighted by Crippen LogP contribution is 2.25. The summed E-state index contributed by atoms with van der Waals surface area (Å²) in [5, 5.41) is 0.586. The molecule has 2 N–H and O–H groups in total. The summed E-state index contributed by atoms with van der Waals surface area (Å²) in [4.78, 5) is 4.46. The first-order valence-electron chi connectivity index (χ1n) is 4.53. The number of nitrogen functional groups attached to an aromatic ring is 1. The van der Waals surface area contributed by atoms with Crippen molar-refractivity contribution in [3.63, 3.8) is 0 Å². The monoisotopic (exact) mass is 209 g/mol. The fraction of sp³-hybridized carbons (Fsp3) is 0.300. The number of hydrogen-bond donors (Lipinski definition) is 1. The summed E-state index contributed by atoms with van der Waals surface area (Å²) in [5.41, 5.74) is 8.23. The van der Waals surface area contributed by atoms with Crippen molar-refractivity contribution >= 4 is 28.3 Å². The van der Waals surface area contributed by atoms with Gasteiger partial charge in [0.25, 0.3) is 0 Å². The Hall–Kier alpha value is -1.22. The van der Waals surface area contributed by atoms with E-state index in [-0.39, 0.29) is 0 Å². The van der Waals surface area contributed by atoms with Crippen LogP contribution in [0.2, 0.25) is 5.02 Å². The fourth-order valence-corrected chi connectivity index (χ4v) is 1.75. The second-order valence-electron chi connectivity index (χ2n) is 3.30. The van der Waals surface area contributed by atoms with E-state index in [1.54, 1.807) is 0 Å². The third-order valence-electron chi connectivity index (χ3n) is 2.41. The predicted octanol–water partition coefficient (Wildman–Crippen LogP) is 2.37. The summed E-state index contributed by atoms with van der Waals surface area (Å²) in [6, 6.07) is 3.68. The third-order valence-corrected chi connectivity index (χ3v) is 2.74. The number of rotatable bonds is 1. The molecule has 0 bridgehead atoms. The van der Waals surface area contributed by atoms with Gasteiger partial charge in [-0.2, -0.15) is 0 Å². The Balaban J connectivity index is 2.80. The van der Waals surface area contributed by atoms with Crippen molar-refractivity contribution in [1.82, 2.24) is 9.55 Å². The Bertz CT molecular complexity index is 488. The van der Waals surface area contributed by atoms with Crippen LogP contribution in [0.3, 0.4) is 0 Å². The van der Waals surface area contributed by atoms with E-state index in [2.05, 4.69) is 11.9 Å². The lowest BCUT2D eigenvalue weighted by Crippen LogP contribution is -1.94. The molecule has 0 saturated heterocycles. The van der Waals surface area contributed by atoms with E-state index in [0.717, 1.165) is 23.3 Å². The van der Waals surface area contributed by atoms with Crippen LogP contribution in [0.4, 0.5) is 5.69 Å². The van der Waals surface area contributed by atoms with Crippen LogP contribution in [0.5, 0.6) is 0 Å². The van der Waals surface area contributed by atoms with Gasteiger partial charge in [0.2, 0.25) is 0 Å². The minimum atomic E-state index is 0.583. The lowest BCUT2D eigenvalue weighted by molar-refractivity contribution is 0.829. The molecule has 0 amide bonds. The van der Waals surface area contributed by atoms with Crippen LogP contribution in [0.25, 0.3) is 11.0 Å². The zero-order valence-electron chi connectivity index (χ0n) is 8.21. The first kappa shape index (κ1) is 9.34. The normalized spacial score (nSPS) is 11.1. The summed E-state index contributed by atoms with van der Waals surface area (Å²) in [6.07, 6.45) is 0.905. The van der Waals surface area contributed by atoms with Gasteiger partial charge in [-0.3, -0.25) is 0 Å². The number of hydrogen-bond acceptors (Lipinski definition) is 2. The number of halogens is 1. The maximum absolute atomic E-state index is 5.95. The quantitative estimate of drug-likeness (QED) is 0.733. The molecule has 0 spiro atoms. The topological polar surface area (TPSA) is 43.8 Å². The predicted molar refractivity (Wildman–Crippen MR) is 59.5 cm³/mol. The molecule has 0 fully saturated rings. The van der Waals surface area contributed by atoms with Gasteiger partial charge in [-0.05, 0) is 12.1 Å².